The van der Waals surface area contributed by atoms with Crippen LogP contribution in [0.15, 0.2) is 55.1 Å². The minimum absolute atomic E-state index is 0.182. The highest BCUT2D eigenvalue weighted by Crippen LogP contribution is 2.39. The first kappa shape index (κ1) is 27.1. The number of hydrogen-bond donors (Lipinski definition) is 1. The number of piperazine rings is 1. The summed E-state index contributed by atoms with van der Waals surface area (Å²) in [7, 11) is 4.75. The molecule has 11 nitrogen and oxygen atoms in total. The van der Waals surface area contributed by atoms with Crippen LogP contribution in [-0.2, 0) is 6.54 Å². The zero-order chi connectivity index (χ0) is 28.3. The molecule has 6 rings (SSSR count). The number of aromatic nitrogens is 5. The van der Waals surface area contributed by atoms with Crippen LogP contribution in [-0.4, -0.2) is 76.9 Å². The van der Waals surface area contributed by atoms with Crippen molar-refractivity contribution in [3.05, 3.63) is 65.3 Å². The van der Waals surface area contributed by atoms with Gasteiger partial charge in [0, 0.05) is 55.9 Å². The number of benzene rings is 1. The zero-order valence-corrected chi connectivity index (χ0v) is 24.4. The van der Waals surface area contributed by atoms with Gasteiger partial charge in [-0.1, -0.05) is 6.07 Å². The summed E-state index contributed by atoms with van der Waals surface area (Å²) >= 11 is 7.95. The van der Waals surface area contributed by atoms with E-state index in [0.717, 1.165) is 54.4 Å². The number of nitrogens with zero attached hydrogens (tertiary/aromatic N) is 7. The Kier molecular flexibility index (Phi) is 7.77. The first-order valence-corrected chi connectivity index (χ1v) is 14.2. The number of hydrogen-bond acceptors (Lipinski definition) is 11. The van der Waals surface area contributed by atoms with Crippen molar-refractivity contribution >= 4 is 50.6 Å². The molecule has 0 bridgehead atoms. The van der Waals surface area contributed by atoms with Gasteiger partial charge in [-0.25, -0.2) is 15.0 Å². The summed E-state index contributed by atoms with van der Waals surface area (Å²) in [6, 6.07) is 11.9. The van der Waals surface area contributed by atoms with Gasteiger partial charge in [-0.2, -0.15) is 4.98 Å². The summed E-state index contributed by atoms with van der Waals surface area (Å²) < 4.78 is 18.3. The molecule has 1 aromatic carbocycles. The molecule has 4 aromatic heterocycles. The molecule has 1 aliphatic heterocycles. The molecule has 5 aromatic rings. The van der Waals surface area contributed by atoms with Crippen LogP contribution in [0.25, 0.3) is 15.9 Å². The van der Waals surface area contributed by atoms with Gasteiger partial charge in [0.15, 0.2) is 11.5 Å². The topological polar surface area (TPSA) is 103 Å². The molecule has 1 N–H and O–H groups in total. The second-order valence-corrected chi connectivity index (χ2v) is 10.9. The van der Waals surface area contributed by atoms with Crippen LogP contribution in [0.3, 0.4) is 0 Å². The average Bonchev–Trinajstić information content (AvgIpc) is 3.64. The van der Waals surface area contributed by atoms with Crippen LogP contribution in [0.5, 0.6) is 17.2 Å². The van der Waals surface area contributed by atoms with E-state index in [4.69, 9.17) is 25.8 Å². The number of fused-ring (bicyclic) bond motifs is 1. The fourth-order valence-corrected chi connectivity index (χ4v) is 6.17. The molecule has 0 atom stereocenters. The number of halogens is 1. The van der Waals surface area contributed by atoms with Crippen molar-refractivity contribution in [3.63, 3.8) is 0 Å². The molecule has 212 valence electrons. The molecule has 0 spiro atoms. The van der Waals surface area contributed by atoms with E-state index in [9.17, 15) is 0 Å². The second-order valence-electron chi connectivity index (χ2n) is 9.40. The van der Waals surface area contributed by atoms with Crippen LogP contribution < -0.4 is 24.4 Å². The molecule has 5 heterocycles. The lowest BCUT2D eigenvalue weighted by molar-refractivity contribution is 0.251. The van der Waals surface area contributed by atoms with Crippen LogP contribution in [0.4, 0.5) is 17.5 Å². The quantitative estimate of drug-likeness (QED) is 0.235. The third-order valence-electron chi connectivity index (χ3n) is 6.92. The lowest BCUT2D eigenvalue weighted by atomic mass is 10.2. The number of anilines is 3. The molecule has 1 fully saturated rings. The molecule has 0 saturated carbocycles. The van der Waals surface area contributed by atoms with E-state index in [2.05, 4.69) is 47.2 Å². The van der Waals surface area contributed by atoms with Crippen molar-refractivity contribution in [1.29, 1.82) is 0 Å². The standard InChI is InChI=1S/C28H29ClN8O3S/c1-38-21-12-18(13-22(39-2)25(21)40-3)37-16-23(31-17-37)32-26-20-14-19(41-27(20)34-28(29)33-26)15-35-8-10-36(11-9-35)24-6-4-5-7-30-24/h4-7,12-14,16-17H,8-11,15H2,1-3H3,(H,32,33,34). The van der Waals surface area contributed by atoms with Crippen molar-refractivity contribution in [2.24, 2.45) is 0 Å². The third kappa shape index (κ3) is 5.71. The monoisotopic (exact) mass is 592 g/mol. The van der Waals surface area contributed by atoms with Crippen molar-refractivity contribution in [3.8, 4) is 22.9 Å². The molecule has 41 heavy (non-hydrogen) atoms. The van der Waals surface area contributed by atoms with Gasteiger partial charge in [-0.3, -0.25) is 4.90 Å². The maximum atomic E-state index is 6.32. The molecule has 1 aliphatic rings. The summed E-state index contributed by atoms with van der Waals surface area (Å²) in [6.45, 7) is 4.63. The number of rotatable bonds is 9. The van der Waals surface area contributed by atoms with E-state index in [0.29, 0.717) is 28.9 Å². The smallest absolute Gasteiger partial charge is 0.225 e. The Morgan fingerprint density at radius 2 is 1.73 bits per heavy atom. The predicted octanol–water partition coefficient (Wildman–Crippen LogP) is 5.02. The van der Waals surface area contributed by atoms with Gasteiger partial charge < -0.3 is 29.0 Å². The second kappa shape index (κ2) is 11.8. The van der Waals surface area contributed by atoms with Crippen LogP contribution in [0, 0.1) is 0 Å². The average molecular weight is 593 g/mol. The van der Waals surface area contributed by atoms with Gasteiger partial charge in [0.05, 0.1) is 38.6 Å². The van der Waals surface area contributed by atoms with Crippen LogP contribution >= 0.6 is 22.9 Å². The number of imidazole rings is 1. The van der Waals surface area contributed by atoms with Crippen molar-refractivity contribution in [2.45, 2.75) is 6.54 Å². The van der Waals surface area contributed by atoms with Gasteiger partial charge in [0.2, 0.25) is 11.0 Å². The summed E-state index contributed by atoms with van der Waals surface area (Å²) in [5, 5.41) is 4.41. The van der Waals surface area contributed by atoms with E-state index in [1.54, 1.807) is 39.0 Å². The van der Waals surface area contributed by atoms with E-state index < -0.39 is 0 Å². The summed E-state index contributed by atoms with van der Waals surface area (Å²) in [5.41, 5.74) is 0.798. The molecular weight excluding hydrogens is 564 g/mol. The van der Waals surface area contributed by atoms with Crippen LogP contribution in [0.1, 0.15) is 4.88 Å². The SMILES string of the molecule is COc1cc(-n2cnc(Nc3nc(Cl)nc4sc(CN5CCN(c6ccccn6)CC5)cc34)c2)cc(OC)c1OC. The Morgan fingerprint density at radius 1 is 0.951 bits per heavy atom. The number of pyridine rings is 1. The summed E-state index contributed by atoms with van der Waals surface area (Å²) in [5.74, 6) is 3.88. The summed E-state index contributed by atoms with van der Waals surface area (Å²) in [6.07, 6.45) is 5.40. The van der Waals surface area contributed by atoms with Gasteiger partial charge in [-0.05, 0) is 29.8 Å². The van der Waals surface area contributed by atoms with Gasteiger partial charge in [0.1, 0.15) is 28.6 Å². The van der Waals surface area contributed by atoms with Crippen molar-refractivity contribution < 1.29 is 14.2 Å². The molecule has 0 radical (unpaired) electrons. The van der Waals surface area contributed by atoms with Crippen molar-refractivity contribution in [1.82, 2.24) is 29.4 Å². The fraction of sp³-hybridized carbons (Fsp3) is 0.286. The lowest BCUT2D eigenvalue weighted by Gasteiger charge is -2.35. The van der Waals surface area contributed by atoms with E-state index >= 15 is 0 Å². The number of nitrogens with one attached hydrogen (secondary N) is 1. The van der Waals surface area contributed by atoms with Crippen LogP contribution in [0.2, 0.25) is 5.28 Å². The Morgan fingerprint density at radius 3 is 2.41 bits per heavy atom. The molecule has 1 saturated heterocycles. The highest BCUT2D eigenvalue weighted by Gasteiger charge is 2.20. The van der Waals surface area contributed by atoms with Gasteiger partial charge >= 0.3 is 0 Å². The Hall–Kier alpha value is -4.13. The van der Waals surface area contributed by atoms with E-state index in [-0.39, 0.29) is 5.28 Å². The number of methoxy groups -OCH3 is 3. The first-order valence-electron chi connectivity index (χ1n) is 13.0. The van der Waals surface area contributed by atoms with Crippen molar-refractivity contribution in [2.75, 3.05) is 57.7 Å². The van der Waals surface area contributed by atoms with E-state index in [1.807, 2.05) is 41.2 Å². The normalized spacial score (nSPS) is 13.9. The Labute approximate surface area is 246 Å². The Bertz CT molecular complexity index is 1630. The van der Waals surface area contributed by atoms with Gasteiger partial charge in [-0.15, -0.1) is 11.3 Å². The number of thiophene rings is 1. The molecule has 0 aliphatic carbocycles. The largest absolute Gasteiger partial charge is 0.493 e. The highest BCUT2D eigenvalue weighted by atomic mass is 35.5. The zero-order valence-electron chi connectivity index (χ0n) is 22.9. The first-order chi connectivity index (χ1) is 20.0. The van der Waals surface area contributed by atoms with E-state index in [1.165, 1.54) is 4.88 Å². The third-order valence-corrected chi connectivity index (χ3v) is 8.10. The summed E-state index contributed by atoms with van der Waals surface area (Å²) in [4.78, 5) is 24.8. The molecule has 0 unspecified atom stereocenters. The molecule has 13 heteroatoms. The predicted molar refractivity (Wildman–Crippen MR) is 161 cm³/mol. The fourth-order valence-electron chi connectivity index (χ4n) is 4.88. The van der Waals surface area contributed by atoms with Gasteiger partial charge in [0.25, 0.3) is 0 Å². The minimum atomic E-state index is 0.182. The molecule has 0 amide bonds. The Balaban J connectivity index is 1.19. The maximum Gasteiger partial charge on any atom is 0.225 e. The molecular formula is C28H29ClN8O3S. The highest BCUT2D eigenvalue weighted by molar-refractivity contribution is 7.18. The lowest BCUT2D eigenvalue weighted by Crippen LogP contribution is -2.46. The minimum Gasteiger partial charge on any atom is -0.493 e. The number of ether oxygens (including phenoxy) is 3. The maximum absolute atomic E-state index is 6.32.